The van der Waals surface area contributed by atoms with Gasteiger partial charge >= 0.3 is 161 Å². The molecule has 0 bridgehead atoms. The number of allylic oxidation sites excluding steroid dienone is 4. The molecule has 3 nitrogen and oxygen atoms in total. The quantitative estimate of drug-likeness (QED) is 0.435. The van der Waals surface area contributed by atoms with Crippen LogP contribution in [0.3, 0.4) is 0 Å². The van der Waals surface area contributed by atoms with Gasteiger partial charge in [0, 0.05) is 0 Å². The molecule has 0 aromatic carbocycles. The van der Waals surface area contributed by atoms with Crippen molar-refractivity contribution < 1.29 is 40.5 Å². The maximum atomic E-state index is 13.8. The van der Waals surface area contributed by atoms with Crippen molar-refractivity contribution in [3.8, 4) is 0 Å². The first-order chi connectivity index (χ1) is 10.8. The van der Waals surface area contributed by atoms with Crippen LogP contribution in [0.1, 0.15) is 68.7 Å². The van der Waals surface area contributed by atoms with E-state index in [4.69, 9.17) is 8.44 Å². The zero-order valence-electron chi connectivity index (χ0n) is 16.7. The van der Waals surface area contributed by atoms with Gasteiger partial charge in [0.2, 0.25) is 0 Å². The summed E-state index contributed by atoms with van der Waals surface area (Å²) < 4.78 is 60.0. The van der Waals surface area contributed by atoms with Crippen LogP contribution in [0, 0.1) is 0 Å². The SMILES string of the molecule is CC(C)(C)[O][Zr]([O]C(C)(C)C)([O]C(C)(C)C)[C]1=[C]([Ge]([F])([F])[F])C=CC1. The summed E-state index contributed by atoms with van der Waals surface area (Å²) in [5, 5.41) is 0. The number of halogens is 3. The van der Waals surface area contributed by atoms with Crippen molar-refractivity contribution >= 4 is 14.7 Å². The van der Waals surface area contributed by atoms with Crippen molar-refractivity contribution in [2.24, 2.45) is 0 Å². The molecule has 0 atom stereocenters. The Balaban J connectivity index is 3.63. The van der Waals surface area contributed by atoms with Gasteiger partial charge in [-0.1, -0.05) is 0 Å². The molecule has 0 heterocycles. The molecule has 0 saturated heterocycles. The molecule has 0 aliphatic heterocycles. The van der Waals surface area contributed by atoms with Crippen molar-refractivity contribution in [3.05, 3.63) is 19.8 Å². The van der Waals surface area contributed by atoms with Crippen LogP contribution in [-0.4, -0.2) is 31.5 Å². The molecule has 1 aliphatic carbocycles. The Labute approximate surface area is 160 Å². The molecule has 0 aromatic rings. The average molecular weight is 504 g/mol. The molecule has 0 radical (unpaired) electrons. The van der Waals surface area contributed by atoms with E-state index in [0.29, 0.717) is 0 Å². The van der Waals surface area contributed by atoms with Gasteiger partial charge in [-0.05, 0) is 0 Å². The van der Waals surface area contributed by atoms with Gasteiger partial charge in [-0.3, -0.25) is 0 Å². The molecule has 0 unspecified atom stereocenters. The van der Waals surface area contributed by atoms with Crippen molar-refractivity contribution in [1.82, 2.24) is 0 Å². The Morgan fingerprint density at radius 1 is 0.800 bits per heavy atom. The zero-order valence-corrected chi connectivity index (χ0v) is 21.3. The third kappa shape index (κ3) is 7.61. The fraction of sp³-hybridized carbons (Fsp3) is 0.765. The second-order valence-corrected chi connectivity index (χ2v) is 18.1. The summed E-state index contributed by atoms with van der Waals surface area (Å²) in [6, 6.07) is 0. The molecule has 0 saturated carbocycles. The molecule has 25 heavy (non-hydrogen) atoms. The minimum absolute atomic E-state index is 0.193. The summed E-state index contributed by atoms with van der Waals surface area (Å²) in [6.45, 7) is 16.4. The van der Waals surface area contributed by atoms with Crippen LogP contribution < -0.4 is 0 Å². The van der Waals surface area contributed by atoms with E-state index in [0.717, 1.165) is 0 Å². The van der Waals surface area contributed by atoms with E-state index >= 15 is 0 Å². The zero-order chi connectivity index (χ0) is 19.9. The van der Waals surface area contributed by atoms with Gasteiger partial charge in [-0.2, -0.15) is 0 Å². The van der Waals surface area contributed by atoms with Crippen LogP contribution >= 0.6 is 0 Å². The van der Waals surface area contributed by atoms with Crippen molar-refractivity contribution in [1.29, 1.82) is 0 Å². The molecule has 0 amide bonds. The van der Waals surface area contributed by atoms with Crippen molar-refractivity contribution in [2.75, 3.05) is 0 Å². The summed E-state index contributed by atoms with van der Waals surface area (Å²) in [5.41, 5.74) is -2.02. The summed E-state index contributed by atoms with van der Waals surface area (Å²) in [6.07, 6.45) is 2.95. The molecule has 0 spiro atoms. The van der Waals surface area contributed by atoms with Crippen LogP contribution in [-0.2, 0) is 30.0 Å². The van der Waals surface area contributed by atoms with Crippen LogP contribution in [0.15, 0.2) is 19.8 Å². The van der Waals surface area contributed by atoms with E-state index in [1.165, 1.54) is 6.08 Å². The molecule has 1 aliphatic rings. The second-order valence-electron chi connectivity index (χ2n) is 9.20. The Bertz CT molecular complexity index is 509. The topological polar surface area (TPSA) is 27.7 Å². The molecular formula is C17H31F3GeO3Zr. The maximum absolute atomic E-state index is 13.8. The first-order valence-electron chi connectivity index (χ1n) is 8.43. The monoisotopic (exact) mass is 504 g/mol. The summed E-state index contributed by atoms with van der Waals surface area (Å²) in [7, 11) is 0. The van der Waals surface area contributed by atoms with E-state index < -0.39 is 57.5 Å². The van der Waals surface area contributed by atoms with Gasteiger partial charge in [0.1, 0.15) is 0 Å². The fourth-order valence-corrected chi connectivity index (χ4v) is 16.9. The van der Waals surface area contributed by atoms with E-state index in [9.17, 15) is 10.5 Å². The van der Waals surface area contributed by atoms with Gasteiger partial charge in [-0.15, -0.1) is 0 Å². The minimum atomic E-state index is -6.56. The van der Waals surface area contributed by atoms with Gasteiger partial charge in [0.15, 0.2) is 0 Å². The summed E-state index contributed by atoms with van der Waals surface area (Å²) >= 11 is -11.3. The van der Waals surface area contributed by atoms with Gasteiger partial charge in [0.25, 0.3) is 0 Å². The van der Waals surface area contributed by atoms with Crippen molar-refractivity contribution in [3.63, 3.8) is 0 Å². The summed E-state index contributed by atoms with van der Waals surface area (Å²) in [5.74, 6) is 0. The molecule has 1 rings (SSSR count). The third-order valence-electron chi connectivity index (χ3n) is 2.93. The Morgan fingerprint density at radius 3 is 1.44 bits per heavy atom. The molecular weight excluding hydrogens is 473 g/mol. The summed E-state index contributed by atoms with van der Waals surface area (Å²) in [4.78, 5) is 0. The molecule has 0 fully saturated rings. The normalized spacial score (nSPS) is 17.6. The Kier molecular flexibility index (Phi) is 7.12. The Hall–Kier alpha value is 0.576. The second kappa shape index (κ2) is 7.54. The first-order valence-corrected chi connectivity index (χ1v) is 16.1. The van der Waals surface area contributed by atoms with Crippen molar-refractivity contribution in [2.45, 2.75) is 85.5 Å². The van der Waals surface area contributed by atoms with E-state index in [1.54, 1.807) is 6.08 Å². The first kappa shape index (κ1) is 23.6. The van der Waals surface area contributed by atoms with E-state index in [-0.39, 0.29) is 9.70 Å². The van der Waals surface area contributed by atoms with E-state index in [2.05, 4.69) is 0 Å². The number of hydrogen-bond acceptors (Lipinski definition) is 3. The fourth-order valence-electron chi connectivity index (χ4n) is 2.52. The standard InChI is InChI=1S/C5H4F3Ge.3C4H9O.Zr/c6-9(7,8)5-3-1-2-4-5;3*1-4(2,3)5;/h1,3H,2H2;3*1-3H3;/q;3*-1;+3. The van der Waals surface area contributed by atoms with Crippen LogP contribution in [0.25, 0.3) is 0 Å². The number of rotatable bonds is 5. The predicted molar refractivity (Wildman–Crippen MR) is 92.4 cm³/mol. The molecule has 146 valence electrons. The van der Waals surface area contributed by atoms with Crippen LogP contribution in [0.4, 0.5) is 10.5 Å². The predicted octanol–water partition coefficient (Wildman–Crippen LogP) is 5.93. The number of hydrogen-bond donors (Lipinski definition) is 0. The van der Waals surface area contributed by atoms with Gasteiger partial charge in [-0.25, -0.2) is 0 Å². The molecule has 0 aromatic heterocycles. The third-order valence-corrected chi connectivity index (χ3v) is 16.0. The van der Waals surface area contributed by atoms with Gasteiger partial charge in [0.05, 0.1) is 0 Å². The molecule has 8 heteroatoms. The van der Waals surface area contributed by atoms with Crippen LogP contribution in [0.5, 0.6) is 0 Å². The average Bonchev–Trinajstić information content (AvgIpc) is 2.68. The van der Waals surface area contributed by atoms with E-state index in [1.807, 2.05) is 62.3 Å². The van der Waals surface area contributed by atoms with Gasteiger partial charge < -0.3 is 0 Å². The Morgan fingerprint density at radius 2 is 1.16 bits per heavy atom. The molecule has 0 N–H and O–H groups in total. The van der Waals surface area contributed by atoms with Crippen LogP contribution in [0.2, 0.25) is 0 Å².